The molecule has 0 saturated heterocycles. The molecule has 6 nitrogen and oxygen atoms in total. The fourth-order valence-corrected chi connectivity index (χ4v) is 4.54. The van der Waals surface area contributed by atoms with Crippen molar-refractivity contribution in [2.45, 2.75) is 11.3 Å². The molecule has 0 aromatic heterocycles. The molecule has 1 amide bonds. The molecule has 2 rings (SSSR count). The first-order chi connectivity index (χ1) is 12.8. The number of halogens is 2. The molecule has 0 unspecified atom stereocenters. The van der Waals surface area contributed by atoms with Gasteiger partial charge in [0, 0.05) is 18.1 Å². The van der Waals surface area contributed by atoms with Crippen LogP contribution >= 0.6 is 23.2 Å². The molecule has 0 spiro atoms. The second kappa shape index (κ2) is 10.1. The van der Waals surface area contributed by atoms with Crippen molar-refractivity contribution in [1.82, 2.24) is 9.62 Å². The van der Waals surface area contributed by atoms with Gasteiger partial charge in [-0.3, -0.25) is 4.79 Å². The lowest BCUT2D eigenvalue weighted by molar-refractivity contribution is -0.121. The van der Waals surface area contributed by atoms with Crippen LogP contribution in [0.1, 0.15) is 5.56 Å². The van der Waals surface area contributed by atoms with E-state index in [9.17, 15) is 13.2 Å². The number of aliphatic hydroxyl groups excluding tert-OH is 1. The second-order valence-electron chi connectivity index (χ2n) is 5.72. The topological polar surface area (TPSA) is 86.7 Å². The van der Waals surface area contributed by atoms with E-state index in [1.807, 2.05) is 30.3 Å². The molecule has 0 aliphatic carbocycles. The zero-order chi connectivity index (χ0) is 19.9. The molecule has 27 heavy (non-hydrogen) atoms. The van der Waals surface area contributed by atoms with Crippen LogP contribution < -0.4 is 5.32 Å². The Kier molecular flexibility index (Phi) is 8.07. The van der Waals surface area contributed by atoms with Gasteiger partial charge < -0.3 is 10.4 Å². The maximum atomic E-state index is 13.1. The lowest BCUT2D eigenvalue weighted by Gasteiger charge is -2.22. The van der Waals surface area contributed by atoms with Gasteiger partial charge in [-0.15, -0.1) is 0 Å². The largest absolute Gasteiger partial charge is 0.395 e. The third kappa shape index (κ3) is 6.19. The van der Waals surface area contributed by atoms with E-state index in [0.717, 1.165) is 9.87 Å². The summed E-state index contributed by atoms with van der Waals surface area (Å²) >= 11 is 12.0. The molecule has 2 aromatic rings. The fraction of sp³-hybridized carbons (Fsp3) is 0.278. The van der Waals surface area contributed by atoms with Gasteiger partial charge in [-0.2, -0.15) is 4.31 Å². The summed E-state index contributed by atoms with van der Waals surface area (Å²) in [7, 11) is -4.05. The number of nitrogens with one attached hydrogen (secondary N) is 1. The Morgan fingerprint density at radius 1 is 1.11 bits per heavy atom. The Labute approximate surface area is 168 Å². The van der Waals surface area contributed by atoms with Crippen LogP contribution in [0.4, 0.5) is 0 Å². The Morgan fingerprint density at radius 3 is 2.48 bits per heavy atom. The number of carbonyl (C=O) groups is 1. The van der Waals surface area contributed by atoms with Gasteiger partial charge in [-0.05, 0) is 30.2 Å². The van der Waals surface area contributed by atoms with E-state index in [-0.39, 0.29) is 34.6 Å². The van der Waals surface area contributed by atoms with Crippen LogP contribution in [0, 0.1) is 0 Å². The van der Waals surface area contributed by atoms with E-state index < -0.39 is 22.5 Å². The van der Waals surface area contributed by atoms with E-state index in [1.54, 1.807) is 0 Å². The number of carbonyl (C=O) groups excluding carboxylic acids is 1. The van der Waals surface area contributed by atoms with Crippen molar-refractivity contribution in [2.24, 2.45) is 0 Å². The van der Waals surface area contributed by atoms with Gasteiger partial charge in [-0.25, -0.2) is 8.42 Å². The fourth-order valence-electron chi connectivity index (χ4n) is 2.41. The molecule has 0 saturated carbocycles. The smallest absolute Gasteiger partial charge is 0.245 e. The lowest BCUT2D eigenvalue weighted by Crippen LogP contribution is -2.42. The molecule has 0 radical (unpaired) electrons. The summed E-state index contributed by atoms with van der Waals surface area (Å²) in [6.07, 6.45) is 0.422. The van der Waals surface area contributed by atoms with Crippen molar-refractivity contribution in [3.05, 3.63) is 64.1 Å². The van der Waals surface area contributed by atoms with Gasteiger partial charge in [0.1, 0.15) is 4.90 Å². The standard InChI is InChI=1S/C18H20Cl2N2O4S/c19-15-6-7-16(20)17(12-15)27(25,26)22(13-18(24)21-9-11-23)10-8-14-4-2-1-3-5-14/h1-7,12,23H,8-11,13H2,(H,21,24). The quantitative estimate of drug-likeness (QED) is 0.638. The lowest BCUT2D eigenvalue weighted by atomic mass is 10.1. The third-order valence-electron chi connectivity index (χ3n) is 3.76. The molecule has 0 aliphatic rings. The zero-order valence-corrected chi connectivity index (χ0v) is 16.8. The third-order valence-corrected chi connectivity index (χ3v) is 6.32. The summed E-state index contributed by atoms with van der Waals surface area (Å²) in [6, 6.07) is 13.5. The average Bonchev–Trinajstić information content (AvgIpc) is 2.65. The Morgan fingerprint density at radius 2 is 1.81 bits per heavy atom. The van der Waals surface area contributed by atoms with Crippen LogP contribution in [0.2, 0.25) is 10.0 Å². The number of hydrogen-bond acceptors (Lipinski definition) is 4. The molecule has 0 heterocycles. The minimum atomic E-state index is -4.05. The first kappa shape index (κ1) is 21.7. The summed E-state index contributed by atoms with van der Waals surface area (Å²) in [5.74, 6) is -0.515. The van der Waals surface area contributed by atoms with E-state index in [4.69, 9.17) is 28.3 Å². The van der Waals surface area contributed by atoms with Crippen molar-refractivity contribution in [3.63, 3.8) is 0 Å². The minimum absolute atomic E-state index is 0.0277. The predicted molar refractivity (Wildman–Crippen MR) is 105 cm³/mol. The van der Waals surface area contributed by atoms with Gasteiger partial charge in [0.05, 0.1) is 18.2 Å². The molecule has 0 aliphatic heterocycles. The van der Waals surface area contributed by atoms with Crippen LogP contribution in [0.25, 0.3) is 0 Å². The number of benzene rings is 2. The first-order valence-electron chi connectivity index (χ1n) is 8.21. The summed E-state index contributed by atoms with van der Waals surface area (Å²) in [5.41, 5.74) is 0.936. The number of amides is 1. The van der Waals surface area contributed by atoms with Gasteiger partial charge in [0.2, 0.25) is 15.9 Å². The van der Waals surface area contributed by atoms with Gasteiger partial charge >= 0.3 is 0 Å². The van der Waals surface area contributed by atoms with Crippen LogP contribution in [-0.2, 0) is 21.2 Å². The minimum Gasteiger partial charge on any atom is -0.395 e. The van der Waals surface area contributed by atoms with Crippen molar-refractivity contribution >= 4 is 39.1 Å². The molecule has 9 heteroatoms. The predicted octanol–water partition coefficient (Wildman–Crippen LogP) is 2.34. The van der Waals surface area contributed by atoms with Crippen molar-refractivity contribution in [2.75, 3.05) is 26.2 Å². The maximum absolute atomic E-state index is 13.1. The normalized spacial score (nSPS) is 11.6. The molecule has 2 N–H and O–H groups in total. The monoisotopic (exact) mass is 430 g/mol. The molecular weight excluding hydrogens is 411 g/mol. The molecule has 0 fully saturated rings. The molecule has 2 aromatic carbocycles. The van der Waals surface area contributed by atoms with Crippen LogP contribution in [0.5, 0.6) is 0 Å². The Bertz CT molecular complexity index is 876. The van der Waals surface area contributed by atoms with Gasteiger partial charge in [0.25, 0.3) is 0 Å². The number of aliphatic hydroxyl groups is 1. The Hall–Kier alpha value is -1.64. The second-order valence-corrected chi connectivity index (χ2v) is 8.47. The van der Waals surface area contributed by atoms with E-state index in [1.165, 1.54) is 18.2 Å². The number of rotatable bonds is 9. The molecular formula is C18H20Cl2N2O4S. The van der Waals surface area contributed by atoms with Gasteiger partial charge in [0.15, 0.2) is 0 Å². The van der Waals surface area contributed by atoms with Crippen molar-refractivity contribution in [3.8, 4) is 0 Å². The number of sulfonamides is 1. The van der Waals surface area contributed by atoms with Gasteiger partial charge in [-0.1, -0.05) is 53.5 Å². The van der Waals surface area contributed by atoms with E-state index in [0.29, 0.717) is 6.42 Å². The summed E-state index contributed by atoms with van der Waals surface area (Å²) in [6.45, 7) is -0.494. The highest BCUT2D eigenvalue weighted by Crippen LogP contribution is 2.27. The Balaban J connectivity index is 2.28. The highest BCUT2D eigenvalue weighted by molar-refractivity contribution is 7.89. The zero-order valence-electron chi connectivity index (χ0n) is 14.4. The number of hydrogen-bond donors (Lipinski definition) is 2. The molecule has 0 bridgehead atoms. The van der Waals surface area contributed by atoms with Crippen LogP contribution in [0.3, 0.4) is 0 Å². The highest BCUT2D eigenvalue weighted by atomic mass is 35.5. The molecule has 146 valence electrons. The first-order valence-corrected chi connectivity index (χ1v) is 10.4. The SMILES string of the molecule is O=C(CN(CCc1ccccc1)S(=O)(=O)c1cc(Cl)ccc1Cl)NCCO. The van der Waals surface area contributed by atoms with Crippen molar-refractivity contribution < 1.29 is 18.3 Å². The van der Waals surface area contributed by atoms with Crippen LogP contribution in [0.15, 0.2) is 53.4 Å². The maximum Gasteiger partial charge on any atom is 0.245 e. The summed E-state index contributed by atoms with van der Waals surface area (Å²) in [5, 5.41) is 11.5. The van der Waals surface area contributed by atoms with E-state index >= 15 is 0 Å². The highest BCUT2D eigenvalue weighted by Gasteiger charge is 2.28. The average molecular weight is 431 g/mol. The van der Waals surface area contributed by atoms with Crippen LogP contribution in [-0.4, -0.2) is 50.0 Å². The molecule has 0 atom stereocenters. The summed E-state index contributed by atoms with van der Waals surface area (Å²) < 4.78 is 27.2. The summed E-state index contributed by atoms with van der Waals surface area (Å²) in [4.78, 5) is 11.9. The number of nitrogens with zero attached hydrogens (tertiary/aromatic N) is 1. The van der Waals surface area contributed by atoms with E-state index in [2.05, 4.69) is 5.32 Å². The van der Waals surface area contributed by atoms with Crippen molar-refractivity contribution in [1.29, 1.82) is 0 Å².